The Hall–Kier alpha value is -2.69. The number of esters is 1. The lowest BCUT2D eigenvalue weighted by atomic mass is 9.80. The predicted molar refractivity (Wildman–Crippen MR) is 91.9 cm³/mol. The quantitative estimate of drug-likeness (QED) is 0.677. The van der Waals surface area contributed by atoms with Crippen LogP contribution in [-0.4, -0.2) is 27.2 Å². The van der Waals surface area contributed by atoms with Crippen LogP contribution in [0.1, 0.15) is 30.7 Å². The van der Waals surface area contributed by atoms with Crippen LogP contribution in [0.25, 0.3) is 5.65 Å². The Bertz CT molecular complexity index is 857. The zero-order valence-electron chi connectivity index (χ0n) is 14.2. The Balaban J connectivity index is 2.14. The molecule has 1 atom stereocenters. The van der Waals surface area contributed by atoms with E-state index in [0.29, 0.717) is 13.0 Å². The molecule has 0 fully saturated rings. The van der Waals surface area contributed by atoms with Gasteiger partial charge in [0.25, 0.3) is 0 Å². The van der Waals surface area contributed by atoms with E-state index in [1.165, 1.54) is 0 Å². The minimum atomic E-state index is -0.850. The van der Waals surface area contributed by atoms with E-state index in [1.54, 1.807) is 16.9 Å². The van der Waals surface area contributed by atoms with Gasteiger partial charge in [-0.25, -0.2) is 9.50 Å². The van der Waals surface area contributed by atoms with Crippen LogP contribution < -0.4 is 0 Å². The number of carbonyl (C=O) groups excluding carboxylic acids is 1. The fourth-order valence-corrected chi connectivity index (χ4v) is 2.99. The van der Waals surface area contributed by atoms with Gasteiger partial charge in [0.2, 0.25) is 0 Å². The number of fused-ring (bicyclic) bond motifs is 1. The van der Waals surface area contributed by atoms with E-state index in [2.05, 4.69) is 10.1 Å². The summed E-state index contributed by atoms with van der Waals surface area (Å²) >= 11 is 0. The second kappa shape index (κ2) is 6.43. The van der Waals surface area contributed by atoms with E-state index in [1.807, 2.05) is 57.2 Å². The molecule has 1 aromatic carbocycles. The molecule has 2 aromatic heterocycles. The maximum absolute atomic E-state index is 12.8. The Kier molecular flexibility index (Phi) is 4.34. The van der Waals surface area contributed by atoms with Crippen molar-refractivity contribution in [3.8, 4) is 0 Å². The molecule has 0 saturated carbocycles. The third-order valence-corrected chi connectivity index (χ3v) is 4.27. The summed E-state index contributed by atoms with van der Waals surface area (Å²) in [5.41, 5.74) is 2.74. The van der Waals surface area contributed by atoms with Crippen molar-refractivity contribution in [1.82, 2.24) is 14.6 Å². The molecule has 0 spiro atoms. The summed E-state index contributed by atoms with van der Waals surface area (Å²) in [4.78, 5) is 17.2. The van der Waals surface area contributed by atoms with E-state index >= 15 is 0 Å². The monoisotopic (exact) mass is 323 g/mol. The minimum Gasteiger partial charge on any atom is -0.465 e. The van der Waals surface area contributed by atoms with Gasteiger partial charge in [-0.15, -0.1) is 0 Å². The van der Waals surface area contributed by atoms with Gasteiger partial charge in [-0.1, -0.05) is 30.3 Å². The third kappa shape index (κ3) is 2.77. The van der Waals surface area contributed by atoms with Crippen molar-refractivity contribution in [3.63, 3.8) is 0 Å². The van der Waals surface area contributed by atoms with Crippen molar-refractivity contribution in [3.05, 3.63) is 65.6 Å². The second-order valence-corrected chi connectivity index (χ2v) is 6.11. The number of hydrogen-bond donors (Lipinski definition) is 0. The lowest BCUT2D eigenvalue weighted by molar-refractivity contribution is -0.149. The third-order valence-electron chi connectivity index (χ3n) is 4.27. The molecule has 0 aliphatic heterocycles. The molecular weight excluding hydrogens is 302 g/mol. The molecule has 1 unspecified atom stereocenters. The van der Waals surface area contributed by atoms with Crippen LogP contribution in [0.15, 0.2) is 48.8 Å². The van der Waals surface area contributed by atoms with E-state index in [4.69, 9.17) is 4.74 Å². The molecule has 24 heavy (non-hydrogen) atoms. The van der Waals surface area contributed by atoms with Crippen molar-refractivity contribution < 1.29 is 9.53 Å². The molecule has 0 radical (unpaired) electrons. The number of hydrogen-bond acceptors (Lipinski definition) is 4. The van der Waals surface area contributed by atoms with Gasteiger partial charge >= 0.3 is 5.97 Å². The lowest BCUT2D eigenvalue weighted by Crippen LogP contribution is -2.38. The smallest absolute Gasteiger partial charge is 0.318 e. The van der Waals surface area contributed by atoms with Crippen LogP contribution in [0.4, 0.5) is 0 Å². The first kappa shape index (κ1) is 16.2. The van der Waals surface area contributed by atoms with Crippen molar-refractivity contribution in [2.75, 3.05) is 6.61 Å². The van der Waals surface area contributed by atoms with Crippen molar-refractivity contribution in [2.45, 2.75) is 32.6 Å². The number of rotatable bonds is 5. The molecular formula is C19H21N3O2. The average molecular weight is 323 g/mol. The van der Waals surface area contributed by atoms with Gasteiger partial charge in [-0.3, -0.25) is 4.79 Å². The average Bonchev–Trinajstić information content (AvgIpc) is 2.97. The van der Waals surface area contributed by atoms with Crippen LogP contribution in [0.3, 0.4) is 0 Å². The van der Waals surface area contributed by atoms with Crippen LogP contribution in [0, 0.1) is 6.92 Å². The van der Waals surface area contributed by atoms with E-state index < -0.39 is 5.41 Å². The number of benzene rings is 1. The van der Waals surface area contributed by atoms with Gasteiger partial charge in [0.15, 0.2) is 5.65 Å². The molecule has 5 nitrogen and oxygen atoms in total. The van der Waals surface area contributed by atoms with Crippen LogP contribution in [0.2, 0.25) is 0 Å². The maximum Gasteiger partial charge on any atom is 0.318 e. The lowest BCUT2D eigenvalue weighted by Gasteiger charge is -2.28. The first-order valence-corrected chi connectivity index (χ1v) is 8.07. The second-order valence-electron chi connectivity index (χ2n) is 6.11. The SMILES string of the molecule is CCOC(=O)C(C)(Cc1ccccc1)c1ccnc2c(C)cnn12. The number of aryl methyl sites for hydroxylation is 1. The van der Waals surface area contributed by atoms with Crippen LogP contribution in [-0.2, 0) is 21.4 Å². The largest absolute Gasteiger partial charge is 0.465 e. The molecule has 3 aromatic rings. The minimum absolute atomic E-state index is 0.255. The topological polar surface area (TPSA) is 56.5 Å². The van der Waals surface area contributed by atoms with Gasteiger partial charge < -0.3 is 4.74 Å². The summed E-state index contributed by atoms with van der Waals surface area (Å²) in [7, 11) is 0. The normalized spacial score (nSPS) is 13.6. The van der Waals surface area contributed by atoms with E-state index in [0.717, 1.165) is 22.5 Å². The number of ether oxygens (including phenoxy) is 1. The molecule has 2 heterocycles. The Labute approximate surface area is 141 Å². The van der Waals surface area contributed by atoms with Gasteiger partial charge in [-0.2, -0.15) is 5.10 Å². The fourth-order valence-electron chi connectivity index (χ4n) is 2.99. The van der Waals surface area contributed by atoms with Crippen molar-refractivity contribution in [2.24, 2.45) is 0 Å². The van der Waals surface area contributed by atoms with Crippen LogP contribution in [0.5, 0.6) is 0 Å². The van der Waals surface area contributed by atoms with Gasteiger partial charge in [0.1, 0.15) is 5.41 Å². The zero-order valence-corrected chi connectivity index (χ0v) is 14.2. The number of carbonyl (C=O) groups is 1. The number of nitrogens with zero attached hydrogens (tertiary/aromatic N) is 3. The first-order valence-electron chi connectivity index (χ1n) is 8.07. The summed E-state index contributed by atoms with van der Waals surface area (Å²) in [6.45, 7) is 6.03. The molecule has 0 N–H and O–H groups in total. The standard InChI is InChI=1S/C19H21N3O2/c1-4-24-18(23)19(3,12-15-8-6-5-7-9-15)16-10-11-20-17-14(2)13-21-22(16)17/h5-11,13H,4,12H2,1-3H3. The summed E-state index contributed by atoms with van der Waals surface area (Å²) < 4.78 is 7.13. The van der Waals surface area contributed by atoms with E-state index in [9.17, 15) is 4.79 Å². The molecule has 0 saturated heterocycles. The van der Waals surface area contributed by atoms with Crippen molar-refractivity contribution >= 4 is 11.6 Å². The predicted octanol–water partition coefficient (Wildman–Crippen LogP) is 3.10. The molecule has 0 aliphatic carbocycles. The highest BCUT2D eigenvalue weighted by Gasteiger charge is 2.39. The highest BCUT2D eigenvalue weighted by atomic mass is 16.5. The van der Waals surface area contributed by atoms with Crippen molar-refractivity contribution in [1.29, 1.82) is 0 Å². The van der Waals surface area contributed by atoms with E-state index in [-0.39, 0.29) is 5.97 Å². The maximum atomic E-state index is 12.8. The summed E-state index contributed by atoms with van der Waals surface area (Å²) in [5, 5.41) is 4.41. The first-order chi connectivity index (χ1) is 11.6. The summed E-state index contributed by atoms with van der Waals surface area (Å²) in [5.74, 6) is -0.255. The molecule has 5 heteroatoms. The zero-order chi connectivity index (χ0) is 17.2. The van der Waals surface area contributed by atoms with Gasteiger partial charge in [-0.05, 0) is 38.8 Å². The Morgan fingerprint density at radius 3 is 2.71 bits per heavy atom. The Morgan fingerprint density at radius 2 is 2.00 bits per heavy atom. The van der Waals surface area contributed by atoms with Gasteiger partial charge in [0, 0.05) is 11.8 Å². The summed E-state index contributed by atoms with van der Waals surface area (Å²) in [6.07, 6.45) is 4.02. The molecule has 3 rings (SSSR count). The molecule has 0 bridgehead atoms. The summed E-state index contributed by atoms with van der Waals surface area (Å²) in [6, 6.07) is 11.8. The Morgan fingerprint density at radius 1 is 1.25 bits per heavy atom. The highest BCUT2D eigenvalue weighted by molar-refractivity contribution is 5.83. The highest BCUT2D eigenvalue weighted by Crippen LogP contribution is 2.30. The molecule has 124 valence electrons. The van der Waals surface area contributed by atoms with Gasteiger partial charge in [0.05, 0.1) is 18.5 Å². The number of aromatic nitrogens is 3. The molecule has 0 aliphatic rings. The molecule has 0 amide bonds. The fraction of sp³-hybridized carbons (Fsp3) is 0.316. The van der Waals surface area contributed by atoms with Crippen LogP contribution >= 0.6 is 0 Å².